The summed E-state index contributed by atoms with van der Waals surface area (Å²) >= 11 is 16.8. The molecule has 0 radical (unpaired) electrons. The Morgan fingerprint density at radius 1 is 1.08 bits per heavy atom. The number of hydrogen-bond acceptors (Lipinski definition) is 2. The summed E-state index contributed by atoms with van der Waals surface area (Å²) in [6, 6.07) is 0. The van der Waals surface area contributed by atoms with Gasteiger partial charge >= 0.3 is 0 Å². The van der Waals surface area contributed by atoms with Crippen LogP contribution in [-0.2, 0) is 0 Å². The van der Waals surface area contributed by atoms with E-state index in [2.05, 4.69) is 0 Å². The van der Waals surface area contributed by atoms with Gasteiger partial charge in [0.1, 0.15) is 6.42 Å². The lowest BCUT2D eigenvalue weighted by atomic mass is 10.3. The third-order valence-corrected chi connectivity index (χ3v) is 2.83. The van der Waals surface area contributed by atoms with Crippen molar-refractivity contribution in [2.45, 2.75) is 16.1 Å². The van der Waals surface area contributed by atoms with Crippen molar-refractivity contribution >= 4 is 34.8 Å². The smallest absolute Gasteiger partial charge is 0.256 e. The Morgan fingerprint density at radius 2 is 1.38 bits per heavy atom. The zero-order chi connectivity index (χ0) is 10.2. The van der Waals surface area contributed by atoms with Crippen molar-refractivity contribution in [1.82, 2.24) is 0 Å². The van der Waals surface area contributed by atoms with E-state index < -0.39 is 9.70 Å². The Balaban J connectivity index is 0. The molecule has 0 rings (SSSR count). The molecular weight excluding hydrogens is 260 g/mol. The molecular formula is C6H13Cl4NO2. The second-order valence-electron chi connectivity index (χ2n) is 3.57. The maximum Gasteiger partial charge on any atom is 0.256 e. The van der Waals surface area contributed by atoms with Gasteiger partial charge in [-0.2, -0.15) is 0 Å². The first-order chi connectivity index (χ1) is 4.96. The minimum atomic E-state index is -2.37. The normalized spacial score (nSPS) is 13.8. The molecule has 82 valence electrons. The van der Waals surface area contributed by atoms with Crippen molar-refractivity contribution < 1.29 is 27.1 Å². The molecule has 0 atom stereocenters. The fourth-order valence-corrected chi connectivity index (χ4v) is 1.21. The summed E-state index contributed by atoms with van der Waals surface area (Å²) in [7, 11) is 5.17. The maximum absolute atomic E-state index is 8.86. The fraction of sp³-hybridized carbons (Fsp3) is 1.00. The lowest BCUT2D eigenvalue weighted by Gasteiger charge is -2.38. The van der Waals surface area contributed by atoms with Crippen LogP contribution in [0.3, 0.4) is 0 Å². The molecule has 0 aliphatic carbocycles. The first kappa shape index (κ1) is 16.5. The summed E-state index contributed by atoms with van der Waals surface area (Å²) < 4.78 is -1.17. The molecule has 0 aliphatic heterocycles. The van der Waals surface area contributed by atoms with Crippen molar-refractivity contribution in [1.29, 1.82) is 0 Å². The van der Waals surface area contributed by atoms with Crippen molar-refractivity contribution in [3.05, 3.63) is 0 Å². The quantitative estimate of drug-likeness (QED) is 0.273. The van der Waals surface area contributed by atoms with Crippen LogP contribution in [0.5, 0.6) is 0 Å². The van der Waals surface area contributed by atoms with E-state index in [1.807, 2.05) is 0 Å². The standard InChI is InChI=1S/C6H13Cl3NO2.ClH/c1-10(2,3)5(7,8)4-6(9,11)12;/h11-12H,4H2,1-3H3;1H/q+1;/p-1. The minimum Gasteiger partial charge on any atom is -1.00 e. The lowest BCUT2D eigenvalue weighted by Crippen LogP contribution is -3.00. The second-order valence-corrected chi connectivity index (χ2v) is 5.62. The Labute approximate surface area is 99.2 Å². The molecule has 0 spiro atoms. The fourth-order valence-electron chi connectivity index (χ4n) is 0.508. The highest BCUT2D eigenvalue weighted by atomic mass is 35.5. The van der Waals surface area contributed by atoms with E-state index in [-0.39, 0.29) is 23.3 Å². The molecule has 7 heteroatoms. The summed E-state index contributed by atoms with van der Waals surface area (Å²) in [4.78, 5) is 0. The average Bonchev–Trinajstić information content (AvgIpc) is 1.52. The molecule has 0 fully saturated rings. The maximum atomic E-state index is 8.86. The number of rotatable bonds is 3. The third kappa shape index (κ3) is 6.18. The monoisotopic (exact) mass is 271 g/mol. The first-order valence-corrected chi connectivity index (χ1v) is 4.42. The summed E-state index contributed by atoms with van der Waals surface area (Å²) in [5.41, 5.74) is 0. The predicted octanol–water partition coefficient (Wildman–Crippen LogP) is -1.90. The molecule has 2 N–H and O–H groups in total. The van der Waals surface area contributed by atoms with Crippen LogP contribution >= 0.6 is 34.8 Å². The molecule has 0 bridgehead atoms. The van der Waals surface area contributed by atoms with Gasteiger partial charge in [0.25, 0.3) is 9.70 Å². The molecule has 3 nitrogen and oxygen atoms in total. The number of alkyl halides is 3. The Morgan fingerprint density at radius 3 is 1.46 bits per heavy atom. The van der Waals surface area contributed by atoms with Crippen LogP contribution in [0, 0.1) is 0 Å². The van der Waals surface area contributed by atoms with Gasteiger partial charge in [-0.05, 0) is 23.2 Å². The largest absolute Gasteiger partial charge is 1.00 e. The zero-order valence-electron chi connectivity index (χ0n) is 7.56. The molecule has 0 aliphatic rings. The van der Waals surface area contributed by atoms with Crippen LogP contribution in [0.1, 0.15) is 6.42 Å². The number of aliphatic hydroxyl groups is 2. The topological polar surface area (TPSA) is 40.5 Å². The number of quaternary nitrogens is 1. The van der Waals surface area contributed by atoms with Gasteiger partial charge in [-0.25, -0.2) is 0 Å². The molecule has 0 aromatic carbocycles. The minimum absolute atomic E-state index is 0. The average molecular weight is 273 g/mol. The highest BCUT2D eigenvalue weighted by Gasteiger charge is 2.45. The Hall–Kier alpha value is 1.04. The van der Waals surface area contributed by atoms with E-state index in [9.17, 15) is 0 Å². The van der Waals surface area contributed by atoms with Crippen molar-refractivity contribution in [2.75, 3.05) is 21.1 Å². The molecule has 13 heavy (non-hydrogen) atoms. The van der Waals surface area contributed by atoms with Crippen LogP contribution in [-0.4, -0.2) is 45.5 Å². The highest BCUT2D eigenvalue weighted by molar-refractivity contribution is 6.47. The van der Waals surface area contributed by atoms with E-state index in [1.54, 1.807) is 21.1 Å². The molecule has 0 amide bonds. The van der Waals surface area contributed by atoms with Crippen LogP contribution in [0.4, 0.5) is 0 Å². The van der Waals surface area contributed by atoms with Crippen molar-refractivity contribution in [3.8, 4) is 0 Å². The summed E-state index contributed by atoms with van der Waals surface area (Å²) in [5, 5.41) is 15.4. The molecule has 0 aromatic rings. The Bertz CT molecular complexity index is 161. The molecule has 0 heterocycles. The van der Waals surface area contributed by atoms with Gasteiger partial charge in [0.15, 0.2) is 0 Å². The van der Waals surface area contributed by atoms with Crippen molar-refractivity contribution in [3.63, 3.8) is 0 Å². The van der Waals surface area contributed by atoms with Crippen molar-refractivity contribution in [2.24, 2.45) is 0 Å². The van der Waals surface area contributed by atoms with Gasteiger partial charge in [-0.3, -0.25) is 4.48 Å². The van der Waals surface area contributed by atoms with E-state index in [1.165, 1.54) is 0 Å². The highest BCUT2D eigenvalue weighted by Crippen LogP contribution is 2.37. The van der Waals surface area contributed by atoms with Gasteiger partial charge in [0, 0.05) is 0 Å². The SMILES string of the molecule is C[N+](C)(C)C(Cl)(Cl)CC(O)(O)Cl.[Cl-]. The van der Waals surface area contributed by atoms with Crippen LogP contribution in [0.2, 0.25) is 0 Å². The molecule has 0 unspecified atom stereocenters. The predicted molar refractivity (Wildman–Crippen MR) is 50.1 cm³/mol. The van der Waals surface area contributed by atoms with E-state index in [0.717, 1.165) is 0 Å². The zero-order valence-corrected chi connectivity index (χ0v) is 10.6. The van der Waals surface area contributed by atoms with Crippen LogP contribution in [0.25, 0.3) is 0 Å². The summed E-state index contributed by atoms with van der Waals surface area (Å²) in [6.07, 6.45) is -0.339. The van der Waals surface area contributed by atoms with Gasteiger partial charge in [-0.15, -0.1) is 0 Å². The number of halogens is 4. The first-order valence-electron chi connectivity index (χ1n) is 3.29. The number of nitrogens with zero attached hydrogens (tertiary/aromatic N) is 1. The molecule has 0 saturated carbocycles. The van der Waals surface area contributed by atoms with Gasteiger partial charge in [0.05, 0.1) is 21.1 Å². The van der Waals surface area contributed by atoms with Gasteiger partial charge in [0.2, 0.25) is 0 Å². The summed E-state index contributed by atoms with van der Waals surface area (Å²) in [6.45, 7) is 0. The van der Waals surface area contributed by atoms with E-state index in [0.29, 0.717) is 0 Å². The van der Waals surface area contributed by atoms with Gasteiger partial charge in [-0.1, -0.05) is 11.6 Å². The number of hydrogen-bond donors (Lipinski definition) is 2. The lowest BCUT2D eigenvalue weighted by molar-refractivity contribution is -0.895. The third-order valence-electron chi connectivity index (χ3n) is 1.42. The van der Waals surface area contributed by atoms with Gasteiger partial charge < -0.3 is 22.6 Å². The summed E-state index contributed by atoms with van der Waals surface area (Å²) in [5.74, 6) is 0. The Kier molecular flexibility index (Phi) is 5.96. The second kappa shape index (κ2) is 4.71. The molecule has 0 aromatic heterocycles. The van der Waals surface area contributed by atoms with Crippen LogP contribution < -0.4 is 12.4 Å². The van der Waals surface area contributed by atoms with E-state index in [4.69, 9.17) is 45.0 Å². The van der Waals surface area contributed by atoms with E-state index >= 15 is 0 Å². The van der Waals surface area contributed by atoms with Crippen LogP contribution in [0.15, 0.2) is 0 Å². The molecule has 0 saturated heterocycles.